The van der Waals surface area contributed by atoms with E-state index in [4.69, 9.17) is 0 Å². The molecule has 0 aromatic carbocycles. The molecule has 0 N–H and O–H groups in total. The van der Waals surface area contributed by atoms with E-state index in [1.807, 2.05) is 17.8 Å². The zero-order valence-corrected chi connectivity index (χ0v) is 6.68. The topological polar surface area (TPSA) is 8.81 Å². The highest BCUT2D eigenvalue weighted by molar-refractivity contribution is 4.63. The van der Waals surface area contributed by atoms with E-state index in [9.17, 15) is 0 Å². The third-order valence-corrected chi connectivity index (χ3v) is 1.19. The SMILES string of the molecule is CCn1cc[n+](C)c1.[ClH2+]. The number of halogens is 1. The minimum atomic E-state index is 0. The summed E-state index contributed by atoms with van der Waals surface area (Å²) in [6.45, 7) is 3.18. The maximum absolute atomic E-state index is 2.12. The first kappa shape index (κ1) is 8.50. The van der Waals surface area contributed by atoms with E-state index in [0.717, 1.165) is 6.54 Å². The zero-order chi connectivity index (χ0) is 5.98. The molecule has 0 aliphatic rings. The van der Waals surface area contributed by atoms with Gasteiger partial charge in [0, 0.05) is 0 Å². The van der Waals surface area contributed by atoms with E-state index in [-0.39, 0.29) is 12.4 Å². The molecule has 0 spiro atoms. The minimum absolute atomic E-state index is 0. The summed E-state index contributed by atoms with van der Waals surface area (Å²) in [5.41, 5.74) is 0. The fourth-order valence-electron chi connectivity index (χ4n) is 0.689. The maximum atomic E-state index is 2.12. The summed E-state index contributed by atoms with van der Waals surface area (Å²) >= 11 is 0. The fraction of sp³-hybridized carbons (Fsp3) is 0.500. The average Bonchev–Trinajstić information content (AvgIpc) is 2.14. The molecule has 9 heavy (non-hydrogen) atoms. The van der Waals surface area contributed by atoms with Crippen LogP contribution in [0.1, 0.15) is 6.92 Å². The normalized spacial score (nSPS) is 8.67. The van der Waals surface area contributed by atoms with Crippen LogP contribution in [0.15, 0.2) is 18.7 Å². The van der Waals surface area contributed by atoms with Crippen molar-refractivity contribution in [3.63, 3.8) is 0 Å². The Labute approximate surface area is 61.5 Å². The second kappa shape index (κ2) is 3.51. The molecule has 1 aromatic heterocycles. The van der Waals surface area contributed by atoms with Crippen molar-refractivity contribution >= 4 is 0 Å². The van der Waals surface area contributed by atoms with Gasteiger partial charge in [-0.05, 0) is 6.92 Å². The van der Waals surface area contributed by atoms with Crippen LogP contribution in [0.5, 0.6) is 0 Å². The Morgan fingerprint density at radius 1 is 1.56 bits per heavy atom. The van der Waals surface area contributed by atoms with Crippen molar-refractivity contribution in [2.45, 2.75) is 13.5 Å². The number of hydrogen-bond donors (Lipinski definition) is 0. The molecule has 52 valence electrons. The van der Waals surface area contributed by atoms with Crippen molar-refractivity contribution in [3.8, 4) is 0 Å². The average molecular weight is 149 g/mol. The summed E-state index contributed by atoms with van der Waals surface area (Å²) in [6.07, 6.45) is 6.14. The highest BCUT2D eigenvalue weighted by atomic mass is 35.5. The number of hydrogen-bond acceptors (Lipinski definition) is 0. The van der Waals surface area contributed by atoms with Crippen molar-refractivity contribution in [2.75, 3.05) is 0 Å². The molecule has 3 heteroatoms. The summed E-state index contributed by atoms with van der Waals surface area (Å²) in [6, 6.07) is 0. The van der Waals surface area contributed by atoms with Crippen LogP contribution in [0, 0.1) is 12.4 Å². The maximum Gasteiger partial charge on any atom is 0.243 e. The van der Waals surface area contributed by atoms with Gasteiger partial charge < -0.3 is 0 Å². The Morgan fingerprint density at radius 2 is 2.22 bits per heavy atom. The fourth-order valence-corrected chi connectivity index (χ4v) is 0.689. The van der Waals surface area contributed by atoms with E-state index in [0.29, 0.717) is 0 Å². The van der Waals surface area contributed by atoms with E-state index in [1.54, 1.807) is 0 Å². The van der Waals surface area contributed by atoms with Crippen molar-refractivity contribution in [1.82, 2.24) is 4.57 Å². The Bertz CT molecular complexity index is 171. The summed E-state index contributed by atoms with van der Waals surface area (Å²) in [4.78, 5) is 0. The van der Waals surface area contributed by atoms with Gasteiger partial charge in [0.05, 0.1) is 26.0 Å². The first-order valence-electron chi connectivity index (χ1n) is 2.84. The van der Waals surface area contributed by atoms with Crippen LogP contribution in [0.2, 0.25) is 0 Å². The third-order valence-electron chi connectivity index (χ3n) is 1.19. The first-order chi connectivity index (χ1) is 3.83. The molecule has 0 radical (unpaired) electrons. The zero-order valence-electron chi connectivity index (χ0n) is 5.78. The second-order valence-electron chi connectivity index (χ2n) is 1.91. The summed E-state index contributed by atoms with van der Waals surface area (Å²) < 4.78 is 4.16. The lowest BCUT2D eigenvalue weighted by Gasteiger charge is -1.81. The molecule has 2 nitrogen and oxygen atoms in total. The van der Waals surface area contributed by atoms with Crippen molar-refractivity contribution in [2.24, 2.45) is 7.05 Å². The van der Waals surface area contributed by atoms with Crippen molar-refractivity contribution in [1.29, 1.82) is 0 Å². The molecular formula is C6H13ClN2+2. The van der Waals surface area contributed by atoms with Gasteiger partial charge in [-0.2, -0.15) is 0 Å². The van der Waals surface area contributed by atoms with E-state index in [2.05, 4.69) is 24.0 Å². The number of rotatable bonds is 1. The van der Waals surface area contributed by atoms with Crippen molar-refractivity contribution in [3.05, 3.63) is 18.7 Å². The quantitative estimate of drug-likeness (QED) is 0.488. The number of aryl methyl sites for hydroxylation is 2. The monoisotopic (exact) mass is 148 g/mol. The molecule has 0 unspecified atom stereocenters. The summed E-state index contributed by atoms with van der Waals surface area (Å²) in [7, 11) is 2.02. The lowest BCUT2D eigenvalue weighted by molar-refractivity contribution is -0.671. The van der Waals surface area contributed by atoms with Gasteiger partial charge in [0.2, 0.25) is 6.33 Å². The van der Waals surface area contributed by atoms with Crippen molar-refractivity contribution < 1.29 is 17.0 Å². The minimum Gasteiger partial charge on any atom is -0.240 e. The van der Waals surface area contributed by atoms with Crippen LogP contribution in [-0.2, 0) is 13.6 Å². The molecule has 0 aliphatic carbocycles. The highest BCUT2D eigenvalue weighted by Crippen LogP contribution is 1.79. The predicted molar refractivity (Wildman–Crippen MR) is 34.1 cm³/mol. The van der Waals surface area contributed by atoms with E-state index < -0.39 is 0 Å². The van der Waals surface area contributed by atoms with Gasteiger partial charge in [-0.25, -0.2) is 9.13 Å². The van der Waals surface area contributed by atoms with Crippen LogP contribution in [0.25, 0.3) is 0 Å². The van der Waals surface area contributed by atoms with Crippen LogP contribution in [0.3, 0.4) is 0 Å². The van der Waals surface area contributed by atoms with Crippen LogP contribution >= 0.6 is 0 Å². The third kappa shape index (κ3) is 2.06. The van der Waals surface area contributed by atoms with Gasteiger partial charge in [0.1, 0.15) is 12.4 Å². The first-order valence-corrected chi connectivity index (χ1v) is 2.84. The Balaban J connectivity index is 0.000000640. The smallest absolute Gasteiger partial charge is 0.240 e. The molecule has 0 atom stereocenters. The Morgan fingerprint density at radius 3 is 2.44 bits per heavy atom. The molecule has 0 bridgehead atoms. The molecule has 1 heterocycles. The number of imidazole rings is 1. The van der Waals surface area contributed by atoms with Gasteiger partial charge >= 0.3 is 0 Å². The lowest BCUT2D eigenvalue weighted by Crippen LogP contribution is -2.23. The molecule has 1 aromatic rings. The molecule has 1 rings (SSSR count). The van der Waals surface area contributed by atoms with Gasteiger partial charge in [0.15, 0.2) is 0 Å². The molecule has 0 amide bonds. The lowest BCUT2D eigenvalue weighted by atomic mass is 10.7. The molecule has 0 aliphatic heterocycles. The molecule has 0 saturated carbocycles. The number of aromatic nitrogens is 2. The summed E-state index contributed by atoms with van der Waals surface area (Å²) in [5.74, 6) is 0. The standard InChI is InChI=1S/C6H11N2.ClH2/c1-3-8-5-4-7(2)6-8;/h4-6H,3H2,1-2H3;1H2/q2*+1. The van der Waals surface area contributed by atoms with Gasteiger partial charge in [-0.15, -0.1) is 0 Å². The number of nitrogens with zero attached hydrogens (tertiary/aromatic N) is 2. The second-order valence-corrected chi connectivity index (χ2v) is 1.91. The van der Waals surface area contributed by atoms with Crippen LogP contribution in [-0.4, -0.2) is 4.57 Å². The Kier molecular flexibility index (Phi) is 3.32. The molecular weight excluding hydrogens is 136 g/mol. The summed E-state index contributed by atoms with van der Waals surface area (Å²) in [5, 5.41) is 0. The van der Waals surface area contributed by atoms with E-state index in [1.165, 1.54) is 0 Å². The largest absolute Gasteiger partial charge is 0.243 e. The van der Waals surface area contributed by atoms with Gasteiger partial charge in [-0.3, -0.25) is 0 Å². The highest BCUT2D eigenvalue weighted by Gasteiger charge is 1.92. The van der Waals surface area contributed by atoms with Crippen LogP contribution in [0.4, 0.5) is 0 Å². The molecule has 0 fully saturated rings. The Hall–Kier alpha value is -0.500. The van der Waals surface area contributed by atoms with Gasteiger partial charge in [0.25, 0.3) is 0 Å². The van der Waals surface area contributed by atoms with Gasteiger partial charge in [-0.1, -0.05) is 0 Å². The predicted octanol–water partition coefficient (Wildman–Crippen LogP) is -0.203. The van der Waals surface area contributed by atoms with E-state index >= 15 is 0 Å². The molecule has 0 saturated heterocycles. The van der Waals surface area contributed by atoms with Crippen LogP contribution < -0.4 is 4.57 Å².